The quantitative estimate of drug-likeness (QED) is 0.370. The summed E-state index contributed by atoms with van der Waals surface area (Å²) in [7, 11) is 1.55. The first-order chi connectivity index (χ1) is 14.4. The van der Waals surface area contributed by atoms with Gasteiger partial charge in [0.15, 0.2) is 0 Å². The van der Waals surface area contributed by atoms with Crippen molar-refractivity contribution in [2.75, 3.05) is 0 Å². The van der Waals surface area contributed by atoms with E-state index in [1.54, 1.807) is 0 Å². The summed E-state index contributed by atoms with van der Waals surface area (Å²) in [5.41, 5.74) is 0. The highest BCUT2D eigenvalue weighted by Crippen LogP contribution is 2.15. The molecule has 29 heavy (non-hydrogen) atoms. The van der Waals surface area contributed by atoms with Crippen molar-refractivity contribution in [3.05, 3.63) is 121 Å². The molecule has 4 aromatic carbocycles. The highest BCUT2D eigenvalue weighted by molar-refractivity contribution is 7.55. The van der Waals surface area contributed by atoms with E-state index in [0.29, 0.717) is 0 Å². The fraction of sp³-hybridized carbons (Fsp3) is 0.111. The predicted octanol–water partition coefficient (Wildman–Crippen LogP) is 5.80. The summed E-state index contributed by atoms with van der Waals surface area (Å²) in [4.78, 5) is 0. The minimum absolute atomic E-state index is 0.777. The molecule has 0 spiro atoms. The molecule has 1 aliphatic rings. The molecule has 2 heteroatoms. The molecule has 0 aliphatic heterocycles. The van der Waals surface area contributed by atoms with Crippen molar-refractivity contribution in [2.24, 2.45) is 0 Å². The lowest BCUT2D eigenvalue weighted by Gasteiger charge is -2.00. The lowest BCUT2D eigenvalue weighted by Crippen LogP contribution is -2.01. The van der Waals surface area contributed by atoms with Gasteiger partial charge < -0.3 is 0 Å². The Morgan fingerprint density at radius 3 is 0.690 bits per heavy atom. The third-order valence-electron chi connectivity index (χ3n) is 4.03. The van der Waals surface area contributed by atoms with Crippen molar-refractivity contribution in [1.82, 2.24) is 0 Å². The Kier molecular flexibility index (Phi) is 9.66. The topological polar surface area (TPSA) is 0 Å². The van der Waals surface area contributed by atoms with Gasteiger partial charge in [0.05, 0.1) is 0 Å². The Balaban J connectivity index is 0.000000145. The van der Waals surface area contributed by atoms with Gasteiger partial charge in [-0.1, -0.05) is 158 Å². The molecule has 4 aromatic rings. The summed E-state index contributed by atoms with van der Waals surface area (Å²) in [6.45, 7) is 0. The molecule has 0 saturated heterocycles. The molecule has 1 fully saturated rings. The first-order valence-electron chi connectivity index (χ1n) is 10.1. The van der Waals surface area contributed by atoms with E-state index >= 15 is 0 Å². The van der Waals surface area contributed by atoms with Crippen LogP contribution < -0.4 is 21.2 Å². The van der Waals surface area contributed by atoms with Gasteiger partial charge >= 0.3 is 0 Å². The average molecular weight is 414 g/mol. The predicted molar refractivity (Wildman–Crippen MR) is 135 cm³/mol. The zero-order chi connectivity index (χ0) is 20.0. The van der Waals surface area contributed by atoms with E-state index in [1.165, 1.54) is 40.5 Å². The summed E-state index contributed by atoms with van der Waals surface area (Å²) >= 11 is 0. The number of hydrogen-bond donors (Lipinski definition) is 0. The summed E-state index contributed by atoms with van der Waals surface area (Å²) in [5.74, 6) is 0. The van der Waals surface area contributed by atoms with Gasteiger partial charge in [0, 0.05) is 0 Å². The lowest BCUT2D eigenvalue weighted by molar-refractivity contribution is 1.50. The molecule has 0 N–H and O–H groups in total. The van der Waals surface area contributed by atoms with Crippen LogP contribution in [0.4, 0.5) is 0 Å². The van der Waals surface area contributed by atoms with E-state index in [9.17, 15) is 0 Å². The van der Waals surface area contributed by atoms with E-state index in [-0.39, 0.29) is 0 Å². The minimum Gasteiger partial charge on any atom is -0.0622 e. The molecule has 0 heterocycles. The second kappa shape index (κ2) is 13.1. The van der Waals surface area contributed by atoms with Crippen molar-refractivity contribution < 1.29 is 0 Å². The zero-order valence-corrected chi connectivity index (χ0v) is 18.7. The third kappa shape index (κ3) is 9.67. The fourth-order valence-electron chi connectivity index (χ4n) is 2.42. The summed E-state index contributed by atoms with van der Waals surface area (Å²) in [5, 5.41) is 5.59. The first kappa shape index (κ1) is 21.4. The molecule has 5 rings (SSSR count). The number of hydrogen-bond acceptors (Lipinski definition) is 0. The average Bonchev–Trinajstić information content (AvgIpc) is 3.67. The standard InChI is InChI=1S/2C12H11P.C3H6/c2*1-3-7-11(8-4-1)13-12-9-5-2-6-10-12;1-2-3-1/h2*1-10,13H;1-3H2. The van der Waals surface area contributed by atoms with Gasteiger partial charge in [-0.2, -0.15) is 0 Å². The highest BCUT2D eigenvalue weighted by atomic mass is 31.1. The molecule has 0 amide bonds. The number of rotatable bonds is 4. The molecule has 0 nitrogen and oxygen atoms in total. The smallest absolute Gasteiger partial charge is 0.0226 e. The third-order valence-corrected chi connectivity index (χ3v) is 6.51. The maximum absolute atomic E-state index is 2.17. The molecule has 0 atom stereocenters. The minimum atomic E-state index is 0.777. The molecule has 1 saturated carbocycles. The van der Waals surface area contributed by atoms with E-state index < -0.39 is 0 Å². The lowest BCUT2D eigenvalue weighted by atomic mass is 10.4. The van der Waals surface area contributed by atoms with Crippen LogP contribution in [-0.2, 0) is 0 Å². The summed E-state index contributed by atoms with van der Waals surface area (Å²) in [6.07, 6.45) is 4.50. The van der Waals surface area contributed by atoms with Crippen LogP contribution in [0.2, 0.25) is 0 Å². The second-order valence-corrected chi connectivity index (χ2v) is 9.58. The van der Waals surface area contributed by atoms with E-state index in [1.807, 2.05) is 0 Å². The van der Waals surface area contributed by atoms with Crippen LogP contribution in [0, 0.1) is 0 Å². The largest absolute Gasteiger partial charge is 0.0622 e. The SMILES string of the molecule is C1CC1.c1ccc(Pc2ccccc2)cc1.c1ccc(Pc2ccccc2)cc1. The van der Waals surface area contributed by atoms with Crippen LogP contribution in [0.1, 0.15) is 19.3 Å². The fourth-order valence-corrected chi connectivity index (χ4v) is 4.52. The number of benzene rings is 4. The maximum atomic E-state index is 2.17. The van der Waals surface area contributed by atoms with Crippen molar-refractivity contribution in [2.45, 2.75) is 19.3 Å². The normalized spacial score (nSPS) is 11.3. The van der Waals surface area contributed by atoms with E-state index in [0.717, 1.165) is 17.2 Å². The first-order valence-corrected chi connectivity index (χ1v) is 12.1. The maximum Gasteiger partial charge on any atom is -0.0226 e. The van der Waals surface area contributed by atoms with Crippen molar-refractivity contribution in [3.8, 4) is 0 Å². The molecule has 0 unspecified atom stereocenters. The van der Waals surface area contributed by atoms with Crippen LogP contribution >= 0.6 is 17.2 Å². The molecular formula is C27H28P2. The Morgan fingerprint density at radius 2 is 0.517 bits per heavy atom. The molecule has 0 bridgehead atoms. The monoisotopic (exact) mass is 414 g/mol. The van der Waals surface area contributed by atoms with E-state index in [4.69, 9.17) is 0 Å². The van der Waals surface area contributed by atoms with E-state index in [2.05, 4.69) is 121 Å². The Hall–Kier alpha value is -2.26. The molecule has 0 aromatic heterocycles. The van der Waals surface area contributed by atoms with Gasteiger partial charge in [0.2, 0.25) is 0 Å². The van der Waals surface area contributed by atoms with Crippen molar-refractivity contribution in [3.63, 3.8) is 0 Å². The Morgan fingerprint density at radius 1 is 0.310 bits per heavy atom. The molecule has 146 valence electrons. The van der Waals surface area contributed by atoms with Crippen LogP contribution in [0.3, 0.4) is 0 Å². The van der Waals surface area contributed by atoms with Gasteiger partial charge in [-0.15, -0.1) is 0 Å². The second-order valence-electron chi connectivity index (χ2n) is 6.77. The van der Waals surface area contributed by atoms with Crippen LogP contribution in [0.5, 0.6) is 0 Å². The molecular weight excluding hydrogens is 386 g/mol. The van der Waals surface area contributed by atoms with Crippen molar-refractivity contribution >= 4 is 38.4 Å². The van der Waals surface area contributed by atoms with Gasteiger partial charge in [-0.05, 0) is 21.2 Å². The van der Waals surface area contributed by atoms with Gasteiger partial charge in [-0.25, -0.2) is 0 Å². The van der Waals surface area contributed by atoms with Gasteiger partial charge in [-0.3, -0.25) is 0 Å². The van der Waals surface area contributed by atoms with Crippen LogP contribution in [0.15, 0.2) is 121 Å². The van der Waals surface area contributed by atoms with Gasteiger partial charge in [0.25, 0.3) is 0 Å². The highest BCUT2D eigenvalue weighted by Gasteiger charge is 1.95. The summed E-state index contributed by atoms with van der Waals surface area (Å²) in [6, 6.07) is 42.3. The Bertz CT molecular complexity index is 751. The van der Waals surface area contributed by atoms with Gasteiger partial charge in [0.1, 0.15) is 0 Å². The van der Waals surface area contributed by atoms with Crippen LogP contribution in [-0.4, -0.2) is 0 Å². The summed E-state index contributed by atoms with van der Waals surface area (Å²) < 4.78 is 0. The van der Waals surface area contributed by atoms with Crippen LogP contribution in [0.25, 0.3) is 0 Å². The zero-order valence-electron chi connectivity index (χ0n) is 16.7. The Labute approximate surface area is 179 Å². The van der Waals surface area contributed by atoms with Crippen molar-refractivity contribution in [1.29, 1.82) is 0 Å². The molecule has 0 radical (unpaired) electrons. The molecule has 1 aliphatic carbocycles.